The average Bonchev–Trinajstić information content (AvgIpc) is 2.29. The minimum Gasteiger partial charge on any atom is -0.360 e. The minimum atomic E-state index is -0.139. The molecule has 7 heteroatoms. The zero-order valence-corrected chi connectivity index (χ0v) is 9.93. The summed E-state index contributed by atoms with van der Waals surface area (Å²) in [6.45, 7) is 2.78. The Kier molecular flexibility index (Phi) is 4.78. The first-order chi connectivity index (χ1) is 7.67. The van der Waals surface area contributed by atoms with E-state index in [0.29, 0.717) is 16.8 Å². The van der Waals surface area contributed by atoms with E-state index in [1.165, 1.54) is 6.20 Å². The normalized spacial score (nSPS) is 9.69. The van der Waals surface area contributed by atoms with Gasteiger partial charge in [0.1, 0.15) is 5.02 Å². The Bertz CT molecular complexity index is 371. The fourth-order valence-electron chi connectivity index (χ4n) is 0.987. The first-order valence-electron chi connectivity index (χ1n) is 4.88. The third kappa shape index (κ3) is 3.54. The van der Waals surface area contributed by atoms with Gasteiger partial charge < -0.3 is 16.0 Å². The highest BCUT2D eigenvalue weighted by molar-refractivity contribution is 6.32. The first kappa shape index (κ1) is 12.5. The molecular weight excluding hydrogens is 230 g/mol. The fraction of sp³-hybridized carbons (Fsp3) is 0.444. The third-order valence-corrected chi connectivity index (χ3v) is 2.05. The lowest BCUT2D eigenvalue weighted by atomic mass is 10.5. The predicted molar refractivity (Wildman–Crippen MR) is 63.8 cm³/mol. The summed E-state index contributed by atoms with van der Waals surface area (Å²) in [6, 6.07) is 0. The fourth-order valence-corrected chi connectivity index (χ4v) is 1.14. The third-order valence-electron chi connectivity index (χ3n) is 1.77. The highest BCUT2D eigenvalue weighted by Gasteiger charge is 2.06. The summed E-state index contributed by atoms with van der Waals surface area (Å²) in [5.41, 5.74) is 0. The Labute approximate surface area is 98.8 Å². The van der Waals surface area contributed by atoms with Crippen LogP contribution in [0.1, 0.15) is 6.92 Å². The number of rotatable bonds is 5. The van der Waals surface area contributed by atoms with Crippen LogP contribution in [0.4, 0.5) is 11.8 Å². The van der Waals surface area contributed by atoms with Gasteiger partial charge in [0.15, 0.2) is 5.82 Å². The van der Waals surface area contributed by atoms with E-state index < -0.39 is 0 Å². The van der Waals surface area contributed by atoms with Crippen LogP contribution >= 0.6 is 11.6 Å². The maximum absolute atomic E-state index is 11.0. The van der Waals surface area contributed by atoms with Crippen LogP contribution in [-0.2, 0) is 4.79 Å². The van der Waals surface area contributed by atoms with Gasteiger partial charge >= 0.3 is 0 Å². The van der Waals surface area contributed by atoms with Crippen LogP contribution in [0.3, 0.4) is 0 Å². The predicted octanol–water partition coefficient (Wildman–Crippen LogP) is 0.720. The van der Waals surface area contributed by atoms with Crippen molar-refractivity contribution in [2.24, 2.45) is 0 Å². The summed E-state index contributed by atoms with van der Waals surface area (Å²) >= 11 is 5.88. The van der Waals surface area contributed by atoms with Crippen molar-refractivity contribution in [2.45, 2.75) is 6.92 Å². The van der Waals surface area contributed by atoms with Gasteiger partial charge in [-0.2, -0.15) is 4.98 Å². The van der Waals surface area contributed by atoms with Crippen LogP contribution in [0.2, 0.25) is 5.02 Å². The van der Waals surface area contributed by atoms with Crippen molar-refractivity contribution in [3.63, 3.8) is 0 Å². The molecule has 1 rings (SSSR count). The summed E-state index contributed by atoms with van der Waals surface area (Å²) in [7, 11) is 1.57. The van der Waals surface area contributed by atoms with Gasteiger partial charge in [-0.1, -0.05) is 11.6 Å². The number of nitrogens with zero attached hydrogens (tertiary/aromatic N) is 2. The van der Waals surface area contributed by atoms with E-state index in [0.717, 1.165) is 6.54 Å². The molecule has 0 aliphatic heterocycles. The van der Waals surface area contributed by atoms with E-state index in [1.54, 1.807) is 7.05 Å². The number of amides is 1. The molecule has 0 fully saturated rings. The second-order valence-electron chi connectivity index (χ2n) is 2.95. The Morgan fingerprint density at radius 3 is 2.88 bits per heavy atom. The first-order valence-corrected chi connectivity index (χ1v) is 5.26. The Hall–Kier alpha value is -1.56. The van der Waals surface area contributed by atoms with Gasteiger partial charge in [-0.3, -0.25) is 4.79 Å². The van der Waals surface area contributed by atoms with Gasteiger partial charge in [0, 0.05) is 13.6 Å². The van der Waals surface area contributed by atoms with E-state index >= 15 is 0 Å². The summed E-state index contributed by atoms with van der Waals surface area (Å²) in [5, 5.41) is 8.65. The molecule has 1 aromatic rings. The molecule has 1 amide bonds. The van der Waals surface area contributed by atoms with Crippen LogP contribution in [0.5, 0.6) is 0 Å². The van der Waals surface area contributed by atoms with E-state index in [1.807, 2.05) is 6.92 Å². The molecule has 0 unspecified atom stereocenters. The number of hydrogen-bond acceptors (Lipinski definition) is 5. The maximum Gasteiger partial charge on any atom is 0.239 e. The molecule has 3 N–H and O–H groups in total. The maximum atomic E-state index is 11.0. The molecule has 6 nitrogen and oxygen atoms in total. The molecule has 0 aliphatic carbocycles. The quantitative estimate of drug-likeness (QED) is 0.710. The number of anilines is 2. The molecule has 0 radical (unpaired) electrons. The van der Waals surface area contributed by atoms with Gasteiger partial charge in [-0.25, -0.2) is 4.98 Å². The largest absolute Gasteiger partial charge is 0.360 e. The second kappa shape index (κ2) is 6.12. The van der Waals surface area contributed by atoms with Crippen molar-refractivity contribution in [1.82, 2.24) is 15.3 Å². The van der Waals surface area contributed by atoms with Crippen molar-refractivity contribution < 1.29 is 4.79 Å². The average molecular weight is 244 g/mol. The van der Waals surface area contributed by atoms with Crippen LogP contribution in [0.15, 0.2) is 6.20 Å². The monoisotopic (exact) mass is 243 g/mol. The molecule has 0 spiro atoms. The number of hydrogen-bond donors (Lipinski definition) is 3. The highest BCUT2D eigenvalue weighted by atomic mass is 35.5. The summed E-state index contributed by atoms with van der Waals surface area (Å²) in [6.07, 6.45) is 1.48. The number of carbonyl (C=O) groups excluding carboxylic acids is 1. The Morgan fingerprint density at radius 2 is 2.25 bits per heavy atom. The van der Waals surface area contributed by atoms with Gasteiger partial charge in [-0.15, -0.1) is 0 Å². The van der Waals surface area contributed by atoms with Crippen molar-refractivity contribution in [3.05, 3.63) is 11.2 Å². The Morgan fingerprint density at radius 1 is 1.50 bits per heavy atom. The molecule has 1 heterocycles. The van der Waals surface area contributed by atoms with Gasteiger partial charge in [0.25, 0.3) is 0 Å². The van der Waals surface area contributed by atoms with Gasteiger partial charge in [0.05, 0.1) is 12.7 Å². The summed E-state index contributed by atoms with van der Waals surface area (Å²) < 4.78 is 0. The molecule has 0 saturated heterocycles. The molecule has 0 bridgehead atoms. The van der Waals surface area contributed by atoms with Crippen LogP contribution in [0.25, 0.3) is 0 Å². The number of carbonyl (C=O) groups is 1. The second-order valence-corrected chi connectivity index (χ2v) is 3.35. The number of nitrogens with one attached hydrogen (secondary N) is 3. The van der Waals surface area contributed by atoms with Crippen molar-refractivity contribution in [3.8, 4) is 0 Å². The highest BCUT2D eigenvalue weighted by Crippen LogP contribution is 2.18. The zero-order valence-electron chi connectivity index (χ0n) is 9.17. The zero-order chi connectivity index (χ0) is 12.0. The van der Waals surface area contributed by atoms with Crippen molar-refractivity contribution in [2.75, 3.05) is 30.8 Å². The number of aromatic nitrogens is 2. The molecule has 1 aromatic heterocycles. The molecule has 0 aromatic carbocycles. The lowest BCUT2D eigenvalue weighted by Crippen LogP contribution is -2.26. The molecule has 0 atom stereocenters. The molecule has 0 saturated carbocycles. The molecular formula is C9H14ClN5O. The van der Waals surface area contributed by atoms with Crippen LogP contribution < -0.4 is 16.0 Å². The molecule has 88 valence electrons. The molecule has 16 heavy (non-hydrogen) atoms. The van der Waals surface area contributed by atoms with E-state index in [9.17, 15) is 4.79 Å². The molecule has 0 aliphatic rings. The van der Waals surface area contributed by atoms with Gasteiger partial charge in [0.2, 0.25) is 11.9 Å². The number of likely N-dealkylation sites (N-methyl/N-ethyl adjacent to an activating group) is 1. The van der Waals surface area contributed by atoms with E-state index in [-0.39, 0.29) is 12.5 Å². The van der Waals surface area contributed by atoms with Crippen LogP contribution in [0, 0.1) is 0 Å². The Balaban J connectivity index is 2.70. The minimum absolute atomic E-state index is 0.124. The smallest absolute Gasteiger partial charge is 0.239 e. The van der Waals surface area contributed by atoms with Crippen molar-refractivity contribution in [1.29, 1.82) is 0 Å². The number of halogens is 1. The van der Waals surface area contributed by atoms with E-state index in [2.05, 4.69) is 25.9 Å². The summed E-state index contributed by atoms with van der Waals surface area (Å²) in [4.78, 5) is 19.1. The van der Waals surface area contributed by atoms with Gasteiger partial charge in [-0.05, 0) is 6.92 Å². The van der Waals surface area contributed by atoms with Crippen molar-refractivity contribution >= 4 is 29.3 Å². The summed E-state index contributed by atoms with van der Waals surface area (Å²) in [5.74, 6) is 0.780. The lowest BCUT2D eigenvalue weighted by Gasteiger charge is -2.08. The van der Waals surface area contributed by atoms with Crippen LogP contribution in [-0.4, -0.2) is 36.0 Å². The topological polar surface area (TPSA) is 78.9 Å². The lowest BCUT2D eigenvalue weighted by molar-refractivity contribution is -0.118. The van der Waals surface area contributed by atoms with E-state index in [4.69, 9.17) is 11.6 Å². The SMILES string of the molecule is CCNc1ncc(Cl)c(NCC(=O)NC)n1. The standard InChI is InChI=1S/C9H14ClN5O/c1-3-12-9-14-4-6(10)8(15-9)13-5-7(16)11-2/h4H,3,5H2,1-2H3,(H,11,16)(H2,12,13,14,15).